The Bertz CT molecular complexity index is 691. The minimum Gasteiger partial charge on any atom is -0.398 e. The van der Waals surface area contributed by atoms with E-state index in [1.165, 1.54) is 27.7 Å². The van der Waals surface area contributed by atoms with Gasteiger partial charge < -0.3 is 9.31 Å². The van der Waals surface area contributed by atoms with Crippen molar-refractivity contribution < 1.29 is 40.0 Å². The number of hydrogen-bond donors (Lipinski definition) is 0. The number of rotatable bonds is 3. The molecule has 0 N–H and O–H groups in total. The van der Waals surface area contributed by atoms with Gasteiger partial charge in [-0.2, -0.15) is 31.4 Å². The average Bonchev–Trinajstić information content (AvgIpc) is 2.89. The number of allylic oxidation sites excluding steroid dienone is 1. The third-order valence-corrected chi connectivity index (χ3v) is 4.25. The molecule has 146 valence electrons. The molecular formula is C14H16BF7N2O2. The van der Waals surface area contributed by atoms with Crippen molar-refractivity contribution in [3.8, 4) is 0 Å². The minimum absolute atomic E-state index is 0.249. The fourth-order valence-electron chi connectivity index (χ4n) is 2.26. The maximum atomic E-state index is 14.6. The summed E-state index contributed by atoms with van der Waals surface area (Å²) in [6.07, 6.45) is -8.89. The van der Waals surface area contributed by atoms with Crippen molar-refractivity contribution in [2.24, 2.45) is 0 Å². The number of halogens is 7. The van der Waals surface area contributed by atoms with Crippen molar-refractivity contribution >= 4 is 12.7 Å². The first-order chi connectivity index (χ1) is 11.5. The highest BCUT2D eigenvalue weighted by Crippen LogP contribution is 2.43. The van der Waals surface area contributed by atoms with Gasteiger partial charge in [0.25, 0.3) is 0 Å². The summed E-state index contributed by atoms with van der Waals surface area (Å²) >= 11 is 0. The largest absolute Gasteiger partial charge is 0.525 e. The molecule has 0 amide bonds. The van der Waals surface area contributed by atoms with Gasteiger partial charge in [0.2, 0.25) is 0 Å². The molecule has 1 saturated heterocycles. The molecule has 1 aromatic heterocycles. The van der Waals surface area contributed by atoms with E-state index >= 15 is 0 Å². The Kier molecular flexibility index (Phi) is 4.99. The molecule has 0 radical (unpaired) electrons. The van der Waals surface area contributed by atoms with Crippen molar-refractivity contribution in [2.75, 3.05) is 0 Å². The number of aromatic nitrogens is 2. The molecule has 1 aliphatic heterocycles. The van der Waals surface area contributed by atoms with Crippen molar-refractivity contribution in [1.29, 1.82) is 0 Å². The molecule has 0 spiro atoms. The molecule has 0 saturated carbocycles. The quantitative estimate of drug-likeness (QED) is 0.572. The highest BCUT2D eigenvalue weighted by Gasteiger charge is 2.55. The number of hydrogen-bond acceptors (Lipinski definition) is 3. The molecule has 26 heavy (non-hydrogen) atoms. The second-order valence-corrected chi connectivity index (χ2v) is 6.85. The summed E-state index contributed by atoms with van der Waals surface area (Å²) < 4.78 is 103. The Morgan fingerprint density at radius 1 is 1.08 bits per heavy atom. The van der Waals surface area contributed by atoms with Crippen LogP contribution in [0.4, 0.5) is 30.7 Å². The maximum Gasteiger partial charge on any atom is 0.525 e. The summed E-state index contributed by atoms with van der Waals surface area (Å²) in [6.45, 7) is 4.49. The summed E-state index contributed by atoms with van der Waals surface area (Å²) in [5.74, 6) is 0. The lowest BCUT2D eigenvalue weighted by molar-refractivity contribution is -0.142. The lowest BCUT2D eigenvalue weighted by Gasteiger charge is -2.32. The molecule has 4 nitrogen and oxygen atoms in total. The van der Waals surface area contributed by atoms with Crippen LogP contribution in [0.5, 0.6) is 0 Å². The molecule has 12 heteroatoms. The van der Waals surface area contributed by atoms with E-state index < -0.39 is 54.1 Å². The van der Waals surface area contributed by atoms with Crippen LogP contribution in [0.25, 0.3) is 5.57 Å². The number of alkyl halides is 6. The van der Waals surface area contributed by atoms with E-state index in [0.717, 1.165) is 0 Å². The van der Waals surface area contributed by atoms with Gasteiger partial charge in [0.05, 0.1) is 23.0 Å². The zero-order valence-electron chi connectivity index (χ0n) is 14.3. The van der Waals surface area contributed by atoms with E-state index in [4.69, 9.17) is 9.31 Å². The van der Waals surface area contributed by atoms with Crippen LogP contribution in [-0.2, 0) is 15.9 Å². The topological polar surface area (TPSA) is 36.3 Å². The fraction of sp³-hybridized carbons (Fsp3) is 0.643. The van der Waals surface area contributed by atoms with Crippen LogP contribution >= 0.6 is 0 Å². The highest BCUT2D eigenvalue weighted by molar-refractivity contribution is 6.55. The van der Waals surface area contributed by atoms with Crippen LogP contribution in [0.2, 0.25) is 0 Å². The molecule has 0 aliphatic carbocycles. The SMILES string of the molecule is CC1(C)OB(C(F)=C(c2cnn(CC(F)(F)F)c2)C(F)(F)F)OC1(C)C. The third-order valence-electron chi connectivity index (χ3n) is 4.25. The van der Waals surface area contributed by atoms with Gasteiger partial charge in [0.15, 0.2) is 0 Å². The summed E-state index contributed by atoms with van der Waals surface area (Å²) in [4.78, 5) is 0. The van der Waals surface area contributed by atoms with Gasteiger partial charge in [0.1, 0.15) is 12.3 Å². The summed E-state index contributed by atoms with van der Waals surface area (Å²) in [6, 6.07) is 0. The van der Waals surface area contributed by atoms with Crippen molar-refractivity contribution in [3.05, 3.63) is 23.7 Å². The van der Waals surface area contributed by atoms with Gasteiger partial charge >= 0.3 is 19.5 Å². The first kappa shape index (κ1) is 20.8. The van der Waals surface area contributed by atoms with Gasteiger partial charge in [-0.3, -0.25) is 4.68 Å². The Labute approximate surface area is 145 Å². The van der Waals surface area contributed by atoms with Gasteiger partial charge in [-0.05, 0) is 27.7 Å². The van der Waals surface area contributed by atoms with Crippen LogP contribution in [0, 0.1) is 0 Å². The smallest absolute Gasteiger partial charge is 0.398 e. The Morgan fingerprint density at radius 2 is 1.58 bits per heavy atom. The van der Waals surface area contributed by atoms with Crippen LogP contribution in [0.15, 0.2) is 18.1 Å². The second-order valence-electron chi connectivity index (χ2n) is 6.85. The molecule has 1 aliphatic rings. The van der Waals surface area contributed by atoms with Crippen molar-refractivity contribution in [2.45, 2.75) is 57.8 Å². The van der Waals surface area contributed by atoms with E-state index in [1.54, 1.807) is 0 Å². The van der Waals surface area contributed by atoms with Crippen LogP contribution < -0.4 is 0 Å². The Hall–Kier alpha value is -1.56. The Balaban J connectivity index is 2.44. The van der Waals surface area contributed by atoms with Gasteiger partial charge in [-0.15, -0.1) is 0 Å². The highest BCUT2D eigenvalue weighted by atomic mass is 19.4. The van der Waals surface area contributed by atoms with Crippen LogP contribution in [-0.4, -0.2) is 40.5 Å². The predicted octanol–water partition coefficient (Wildman–Crippen LogP) is 4.32. The average molecular weight is 388 g/mol. The maximum absolute atomic E-state index is 14.6. The third kappa shape index (κ3) is 4.22. The predicted molar refractivity (Wildman–Crippen MR) is 78.4 cm³/mol. The summed E-state index contributed by atoms with van der Waals surface area (Å²) in [5, 5.41) is 3.22. The molecule has 2 heterocycles. The molecule has 0 atom stereocenters. The molecule has 0 bridgehead atoms. The summed E-state index contributed by atoms with van der Waals surface area (Å²) in [5.41, 5.74) is -6.60. The van der Waals surface area contributed by atoms with Gasteiger partial charge in [0, 0.05) is 11.8 Å². The van der Waals surface area contributed by atoms with Gasteiger partial charge in [-0.25, -0.2) is 4.39 Å². The zero-order chi connectivity index (χ0) is 20.1. The molecule has 1 aromatic rings. The Morgan fingerprint density at radius 3 is 2.00 bits per heavy atom. The number of nitrogens with zero attached hydrogens (tertiary/aromatic N) is 2. The normalized spacial score (nSPS) is 21.1. The second kappa shape index (κ2) is 6.26. The van der Waals surface area contributed by atoms with Crippen LogP contribution in [0.1, 0.15) is 33.3 Å². The molecule has 1 fully saturated rings. The first-order valence-electron chi connectivity index (χ1n) is 7.45. The van der Waals surface area contributed by atoms with E-state index in [9.17, 15) is 30.7 Å². The first-order valence-corrected chi connectivity index (χ1v) is 7.45. The lowest BCUT2D eigenvalue weighted by atomic mass is 9.83. The molecule has 0 unspecified atom stereocenters. The molecule has 0 aromatic carbocycles. The molecule has 2 rings (SSSR count). The van der Waals surface area contributed by atoms with E-state index in [2.05, 4.69) is 5.10 Å². The molecular weight excluding hydrogens is 372 g/mol. The fourth-order valence-corrected chi connectivity index (χ4v) is 2.26. The monoisotopic (exact) mass is 388 g/mol. The minimum atomic E-state index is -5.19. The van der Waals surface area contributed by atoms with E-state index in [0.29, 0.717) is 12.4 Å². The van der Waals surface area contributed by atoms with Gasteiger partial charge in [-0.1, -0.05) is 0 Å². The van der Waals surface area contributed by atoms with E-state index in [1.807, 2.05) is 0 Å². The standard InChI is InChI=1S/C14H16BF7N2O2/c1-11(2)12(3,4)26-15(25-11)10(16)9(14(20,21)22)8-5-23-24(6-8)7-13(17,18)19/h5-6H,7H2,1-4H3. The van der Waals surface area contributed by atoms with Crippen molar-refractivity contribution in [1.82, 2.24) is 9.78 Å². The lowest BCUT2D eigenvalue weighted by Crippen LogP contribution is -2.41. The van der Waals surface area contributed by atoms with Crippen LogP contribution in [0.3, 0.4) is 0 Å². The zero-order valence-corrected chi connectivity index (χ0v) is 14.3. The van der Waals surface area contributed by atoms with Crippen molar-refractivity contribution in [3.63, 3.8) is 0 Å². The summed E-state index contributed by atoms with van der Waals surface area (Å²) in [7, 11) is -1.94. The van der Waals surface area contributed by atoms with E-state index in [-0.39, 0.29) is 4.68 Å².